The number of carbonyl (C=O) groups excluding carboxylic acids is 1. The Bertz CT molecular complexity index is 201. The van der Waals surface area contributed by atoms with Gasteiger partial charge >= 0.3 is 14.5 Å². The first-order valence-electron chi connectivity index (χ1n) is 4.47. The Morgan fingerprint density at radius 1 is 1.50 bits per heavy atom. The van der Waals surface area contributed by atoms with Gasteiger partial charge in [0.05, 0.1) is 0 Å². The Hall–Kier alpha value is -0.653. The molecule has 1 atom stereocenters. The second kappa shape index (κ2) is 5.95. The van der Waals surface area contributed by atoms with Crippen LogP contribution in [0.1, 0.15) is 13.3 Å². The van der Waals surface area contributed by atoms with Crippen molar-refractivity contribution >= 4 is 14.5 Å². The SMILES string of the molecule is C=CC(=O)OC(CC)[Si](C)(OC)OC. The van der Waals surface area contributed by atoms with Crippen molar-refractivity contribution in [2.75, 3.05) is 14.2 Å². The Kier molecular flexibility index (Phi) is 5.67. The van der Waals surface area contributed by atoms with Crippen molar-refractivity contribution in [1.82, 2.24) is 0 Å². The molecule has 0 aromatic rings. The summed E-state index contributed by atoms with van der Waals surface area (Å²) >= 11 is 0. The van der Waals surface area contributed by atoms with Gasteiger partial charge in [0.1, 0.15) is 5.73 Å². The number of hydrogen-bond acceptors (Lipinski definition) is 4. The summed E-state index contributed by atoms with van der Waals surface area (Å²) in [6, 6.07) is 0. The van der Waals surface area contributed by atoms with E-state index in [9.17, 15) is 4.79 Å². The van der Waals surface area contributed by atoms with E-state index in [1.165, 1.54) is 0 Å². The van der Waals surface area contributed by atoms with Gasteiger partial charge in [-0.2, -0.15) is 0 Å². The fourth-order valence-corrected chi connectivity index (χ4v) is 2.86. The molecule has 0 aromatic heterocycles. The number of rotatable bonds is 6. The zero-order chi connectivity index (χ0) is 11.2. The van der Waals surface area contributed by atoms with Crippen LogP contribution in [0.5, 0.6) is 0 Å². The van der Waals surface area contributed by atoms with Gasteiger partial charge in [-0.1, -0.05) is 13.5 Å². The summed E-state index contributed by atoms with van der Waals surface area (Å²) < 4.78 is 15.7. The van der Waals surface area contributed by atoms with E-state index in [2.05, 4.69) is 6.58 Å². The zero-order valence-corrected chi connectivity index (χ0v) is 10.2. The van der Waals surface area contributed by atoms with Crippen LogP contribution >= 0.6 is 0 Å². The molecule has 0 N–H and O–H groups in total. The molecule has 0 saturated heterocycles. The topological polar surface area (TPSA) is 44.8 Å². The summed E-state index contributed by atoms with van der Waals surface area (Å²) in [6.07, 6.45) is 1.81. The number of hydrogen-bond donors (Lipinski definition) is 0. The summed E-state index contributed by atoms with van der Waals surface area (Å²) in [5.41, 5.74) is -0.303. The molecule has 0 spiro atoms. The van der Waals surface area contributed by atoms with Crippen LogP contribution in [0.15, 0.2) is 12.7 Å². The predicted octanol–water partition coefficient (Wildman–Crippen LogP) is 1.40. The Balaban J connectivity index is 4.52. The van der Waals surface area contributed by atoms with E-state index in [-0.39, 0.29) is 5.73 Å². The maximum Gasteiger partial charge on any atom is 0.376 e. The van der Waals surface area contributed by atoms with Crippen LogP contribution in [0, 0.1) is 0 Å². The smallest absolute Gasteiger partial charge is 0.376 e. The Labute approximate surface area is 86.1 Å². The highest BCUT2D eigenvalue weighted by Crippen LogP contribution is 2.17. The molecule has 0 aliphatic carbocycles. The first kappa shape index (κ1) is 13.3. The summed E-state index contributed by atoms with van der Waals surface area (Å²) in [5.74, 6) is -0.440. The lowest BCUT2D eigenvalue weighted by molar-refractivity contribution is -0.141. The number of carbonyl (C=O) groups is 1. The van der Waals surface area contributed by atoms with Crippen molar-refractivity contribution in [1.29, 1.82) is 0 Å². The lowest BCUT2D eigenvalue weighted by Gasteiger charge is -2.30. The van der Waals surface area contributed by atoms with Crippen LogP contribution in [0.3, 0.4) is 0 Å². The van der Waals surface area contributed by atoms with Gasteiger partial charge in [-0.05, 0) is 13.0 Å². The van der Waals surface area contributed by atoms with E-state index in [1.54, 1.807) is 14.2 Å². The van der Waals surface area contributed by atoms with E-state index < -0.39 is 14.5 Å². The molecule has 0 aliphatic rings. The van der Waals surface area contributed by atoms with Crippen molar-refractivity contribution in [3.05, 3.63) is 12.7 Å². The highest BCUT2D eigenvalue weighted by molar-refractivity contribution is 6.67. The van der Waals surface area contributed by atoms with Gasteiger partial charge in [0.25, 0.3) is 0 Å². The molecule has 0 fully saturated rings. The fourth-order valence-electron chi connectivity index (χ4n) is 1.10. The summed E-state index contributed by atoms with van der Waals surface area (Å²) in [7, 11) is 0.742. The summed E-state index contributed by atoms with van der Waals surface area (Å²) in [4.78, 5) is 11.0. The maximum absolute atomic E-state index is 11.0. The molecule has 0 radical (unpaired) electrons. The minimum atomic E-state index is -2.40. The molecule has 0 aliphatic heterocycles. The molecule has 0 heterocycles. The second-order valence-electron chi connectivity index (χ2n) is 2.96. The highest BCUT2D eigenvalue weighted by atomic mass is 28.4. The highest BCUT2D eigenvalue weighted by Gasteiger charge is 2.41. The van der Waals surface area contributed by atoms with Crippen molar-refractivity contribution in [3.8, 4) is 0 Å². The molecule has 1 unspecified atom stereocenters. The molecule has 0 bridgehead atoms. The van der Waals surface area contributed by atoms with Crippen molar-refractivity contribution in [2.24, 2.45) is 0 Å². The van der Waals surface area contributed by atoms with Gasteiger partial charge in [0.15, 0.2) is 0 Å². The first-order chi connectivity index (χ1) is 6.53. The first-order valence-corrected chi connectivity index (χ1v) is 6.86. The van der Waals surface area contributed by atoms with Crippen LogP contribution in [0.2, 0.25) is 6.55 Å². The molecule has 0 amide bonds. The van der Waals surface area contributed by atoms with Gasteiger partial charge in [-0.25, -0.2) is 4.79 Å². The molecule has 5 heteroatoms. The van der Waals surface area contributed by atoms with Crippen molar-refractivity contribution in [3.63, 3.8) is 0 Å². The quantitative estimate of drug-likeness (QED) is 0.384. The van der Waals surface area contributed by atoms with Gasteiger partial charge < -0.3 is 13.6 Å². The van der Waals surface area contributed by atoms with Crippen molar-refractivity contribution < 1.29 is 18.4 Å². The summed E-state index contributed by atoms with van der Waals surface area (Å²) in [5, 5.41) is 0. The van der Waals surface area contributed by atoms with E-state index >= 15 is 0 Å². The van der Waals surface area contributed by atoms with E-state index in [0.29, 0.717) is 6.42 Å². The minimum Gasteiger partial charge on any atom is -0.457 e. The molecule has 4 nitrogen and oxygen atoms in total. The third-order valence-electron chi connectivity index (χ3n) is 2.19. The molecule has 0 aromatic carbocycles. The standard InChI is InChI=1S/C9H18O4Si/c1-6-8(10)13-9(7-2)14(5,11-3)12-4/h6,9H,1,7H2,2-5H3. The molecular formula is C9H18O4Si. The minimum absolute atomic E-state index is 0.303. The Morgan fingerprint density at radius 2 is 2.00 bits per heavy atom. The molecule has 82 valence electrons. The van der Waals surface area contributed by atoms with Gasteiger partial charge in [0.2, 0.25) is 0 Å². The van der Waals surface area contributed by atoms with Crippen LogP contribution in [0.25, 0.3) is 0 Å². The third kappa shape index (κ3) is 3.25. The third-order valence-corrected chi connectivity index (χ3v) is 5.51. The second-order valence-corrected chi connectivity index (χ2v) is 6.45. The van der Waals surface area contributed by atoms with Crippen molar-refractivity contribution in [2.45, 2.75) is 25.6 Å². The Morgan fingerprint density at radius 3 is 2.29 bits per heavy atom. The van der Waals surface area contributed by atoms with Crippen LogP contribution < -0.4 is 0 Å². The van der Waals surface area contributed by atoms with Gasteiger partial charge in [-0.15, -0.1) is 0 Å². The average molecular weight is 218 g/mol. The zero-order valence-electron chi connectivity index (χ0n) is 9.20. The number of ether oxygens (including phenoxy) is 1. The predicted molar refractivity (Wildman–Crippen MR) is 56.0 cm³/mol. The van der Waals surface area contributed by atoms with E-state index in [0.717, 1.165) is 6.08 Å². The van der Waals surface area contributed by atoms with E-state index in [1.807, 2.05) is 13.5 Å². The number of esters is 1. The lowest BCUT2D eigenvalue weighted by Crippen LogP contribution is -2.51. The summed E-state index contributed by atoms with van der Waals surface area (Å²) in [6.45, 7) is 7.12. The average Bonchev–Trinajstić information content (AvgIpc) is 2.24. The maximum atomic E-state index is 11.0. The normalized spacial score (nSPS) is 13.4. The lowest BCUT2D eigenvalue weighted by atomic mass is 10.5. The van der Waals surface area contributed by atoms with Crippen LogP contribution in [-0.4, -0.2) is 34.5 Å². The van der Waals surface area contributed by atoms with E-state index in [4.69, 9.17) is 13.6 Å². The molecule has 0 saturated carbocycles. The molecular weight excluding hydrogens is 200 g/mol. The molecule has 0 rings (SSSR count). The van der Waals surface area contributed by atoms with Crippen LogP contribution in [-0.2, 0) is 18.4 Å². The monoisotopic (exact) mass is 218 g/mol. The van der Waals surface area contributed by atoms with Gasteiger partial charge in [0, 0.05) is 20.3 Å². The van der Waals surface area contributed by atoms with Crippen LogP contribution in [0.4, 0.5) is 0 Å². The fraction of sp³-hybridized carbons (Fsp3) is 0.667. The van der Waals surface area contributed by atoms with Gasteiger partial charge in [-0.3, -0.25) is 0 Å². The molecule has 14 heavy (non-hydrogen) atoms. The largest absolute Gasteiger partial charge is 0.457 e.